The first-order chi connectivity index (χ1) is 7.81. The summed E-state index contributed by atoms with van der Waals surface area (Å²) in [6, 6.07) is 8.71. The van der Waals surface area contributed by atoms with Crippen molar-refractivity contribution in [2.75, 3.05) is 0 Å². The molecule has 0 atom stereocenters. The molecule has 0 saturated heterocycles. The molecule has 0 saturated carbocycles. The topological polar surface area (TPSA) is 0 Å². The van der Waals surface area contributed by atoms with Crippen molar-refractivity contribution in [3.8, 4) is 0 Å². The molecule has 1 aliphatic carbocycles. The van der Waals surface area contributed by atoms with Crippen LogP contribution in [0, 0.1) is 0 Å². The summed E-state index contributed by atoms with van der Waals surface area (Å²) in [4.78, 5) is 0. The van der Waals surface area contributed by atoms with Crippen LogP contribution in [0.2, 0.25) is 0 Å². The van der Waals surface area contributed by atoms with E-state index in [1.54, 1.807) is 5.57 Å². The molecule has 86 valence electrons. The predicted octanol–water partition coefficient (Wildman–Crippen LogP) is 5.59. The van der Waals surface area contributed by atoms with Crippen LogP contribution in [0.5, 0.6) is 0 Å². The third-order valence-electron chi connectivity index (χ3n) is 2.68. The van der Waals surface area contributed by atoms with Crippen molar-refractivity contribution in [2.45, 2.75) is 32.6 Å². The van der Waals surface area contributed by atoms with Gasteiger partial charge in [-0.25, -0.2) is 0 Å². The van der Waals surface area contributed by atoms with Gasteiger partial charge in [-0.2, -0.15) is 0 Å². The van der Waals surface area contributed by atoms with E-state index in [0.29, 0.717) is 11.7 Å². The Morgan fingerprint density at radius 2 is 1.94 bits per heavy atom. The van der Waals surface area contributed by atoms with Crippen molar-refractivity contribution < 1.29 is 11.7 Å². The van der Waals surface area contributed by atoms with Crippen LogP contribution in [0.15, 0.2) is 29.8 Å². The Bertz CT molecular complexity index is 348. The van der Waals surface area contributed by atoms with Crippen molar-refractivity contribution in [3.63, 3.8) is 0 Å². The maximum atomic E-state index is 2.40. The fraction of sp³-hybridized carbons (Fsp3) is 0.385. The molecule has 0 aliphatic heterocycles. The average Bonchev–Trinajstić information content (AvgIpc) is 2.70. The molecule has 1 aromatic carbocycles. The van der Waals surface area contributed by atoms with Crippen LogP contribution in [0.4, 0.5) is 0 Å². The quantitative estimate of drug-likeness (QED) is 0.397. The molecule has 0 N–H and O–H groups in total. The van der Waals surface area contributed by atoms with E-state index in [1.807, 2.05) is 0 Å². The minimum absolute atomic E-state index is 0.440. The van der Waals surface area contributed by atoms with Gasteiger partial charge in [0.05, 0.1) is 0 Å². The van der Waals surface area contributed by atoms with Crippen LogP contribution in [-0.2, 0) is 18.1 Å². The summed E-state index contributed by atoms with van der Waals surface area (Å²) in [7, 11) is 0. The van der Waals surface area contributed by atoms with Crippen LogP contribution in [-0.4, -0.2) is 0 Å². The van der Waals surface area contributed by atoms with Crippen LogP contribution < -0.4 is 0 Å². The number of hydrogen-bond acceptors (Lipinski definition) is 0. The standard InChI is InChI=1S/C13H16.2HI.Ti/c1-2-3-6-11-9-12-7-4-5-8-13(12)10-11;;;/h4-5,7-9H,2-3,6,10H2,1H3;2*1H;/q;;;+2/p-2. The van der Waals surface area contributed by atoms with Gasteiger partial charge in [0.15, 0.2) is 0 Å². The Kier molecular flexibility index (Phi) is 8.66. The Morgan fingerprint density at radius 3 is 2.56 bits per heavy atom. The number of unbranched alkanes of at least 4 members (excludes halogenated alkanes) is 1. The molecule has 3 heteroatoms. The fourth-order valence-electron chi connectivity index (χ4n) is 1.92. The number of fused-ring (bicyclic) bond motifs is 1. The van der Waals surface area contributed by atoms with Gasteiger partial charge in [0.2, 0.25) is 0 Å². The summed E-state index contributed by atoms with van der Waals surface area (Å²) in [5.41, 5.74) is 4.56. The van der Waals surface area contributed by atoms with Crippen molar-refractivity contribution >= 4 is 44.5 Å². The van der Waals surface area contributed by atoms with E-state index >= 15 is 0 Å². The number of benzene rings is 1. The van der Waals surface area contributed by atoms with Gasteiger partial charge < -0.3 is 0 Å². The van der Waals surface area contributed by atoms with E-state index in [0.717, 1.165) is 0 Å². The average molecular weight is 474 g/mol. The van der Waals surface area contributed by atoms with Gasteiger partial charge in [0.25, 0.3) is 0 Å². The van der Waals surface area contributed by atoms with Crippen LogP contribution >= 0.6 is 38.4 Å². The van der Waals surface area contributed by atoms with E-state index in [4.69, 9.17) is 0 Å². The van der Waals surface area contributed by atoms with E-state index in [-0.39, 0.29) is 0 Å². The molecule has 16 heavy (non-hydrogen) atoms. The maximum absolute atomic E-state index is 2.40. The van der Waals surface area contributed by atoms with E-state index in [2.05, 4.69) is 75.6 Å². The van der Waals surface area contributed by atoms with Gasteiger partial charge in [0, 0.05) is 0 Å². The predicted molar refractivity (Wildman–Crippen MR) is 85.7 cm³/mol. The number of hydrogen-bond donors (Lipinski definition) is 0. The minimum atomic E-state index is 0.440. The zero-order valence-electron chi connectivity index (χ0n) is 9.47. The monoisotopic (exact) mass is 474 g/mol. The molecule has 0 aromatic heterocycles. The molecule has 0 fully saturated rings. The number of halogens is 2. The third-order valence-corrected chi connectivity index (χ3v) is 2.68. The van der Waals surface area contributed by atoms with Crippen LogP contribution in [0.25, 0.3) is 6.08 Å². The second-order valence-corrected chi connectivity index (χ2v) is 17.0. The number of rotatable bonds is 3. The summed E-state index contributed by atoms with van der Waals surface area (Å²) < 4.78 is 0. The zero-order chi connectivity index (χ0) is 11.8. The first kappa shape index (κ1) is 15.2. The van der Waals surface area contributed by atoms with Gasteiger partial charge in [-0.3, -0.25) is 0 Å². The SMILES string of the molecule is CCCCC1=Cc2ccccc2C1.[I][Ti][I]. The Labute approximate surface area is 128 Å². The third kappa shape index (κ3) is 5.19. The van der Waals surface area contributed by atoms with Gasteiger partial charge in [-0.15, -0.1) is 0 Å². The zero-order valence-corrected chi connectivity index (χ0v) is 15.3. The number of allylic oxidation sites excluding steroid dienone is 1. The molecule has 0 spiro atoms. The molecule has 0 unspecified atom stereocenters. The normalized spacial score (nSPS) is 12.3. The first-order valence-corrected chi connectivity index (χ1v) is 15.6. The molecule has 0 bridgehead atoms. The Hall–Kier alpha value is 1.13. The summed E-state index contributed by atoms with van der Waals surface area (Å²) in [5, 5.41) is 0. The molecular formula is C13H16I2Ti. The summed E-state index contributed by atoms with van der Waals surface area (Å²) >= 11 is 5.24. The Morgan fingerprint density at radius 1 is 1.25 bits per heavy atom. The van der Waals surface area contributed by atoms with Crippen LogP contribution in [0.3, 0.4) is 0 Å². The molecular weight excluding hydrogens is 458 g/mol. The fourth-order valence-corrected chi connectivity index (χ4v) is 1.92. The second-order valence-electron chi connectivity index (χ2n) is 3.85. The van der Waals surface area contributed by atoms with Gasteiger partial charge >= 0.3 is 50.0 Å². The molecule has 1 aromatic rings. The van der Waals surface area contributed by atoms with Crippen molar-refractivity contribution in [1.82, 2.24) is 0 Å². The van der Waals surface area contributed by atoms with Gasteiger partial charge in [-0.1, -0.05) is 49.3 Å². The molecule has 2 rings (SSSR count). The molecule has 0 radical (unpaired) electrons. The molecule has 1 aliphatic rings. The van der Waals surface area contributed by atoms with Crippen LogP contribution in [0.1, 0.15) is 37.3 Å². The van der Waals surface area contributed by atoms with Gasteiger partial charge in [0.1, 0.15) is 0 Å². The van der Waals surface area contributed by atoms with Crippen molar-refractivity contribution in [3.05, 3.63) is 41.0 Å². The summed E-state index contributed by atoms with van der Waals surface area (Å²) in [6.45, 7) is 2.25. The first-order valence-electron chi connectivity index (χ1n) is 5.55. The van der Waals surface area contributed by atoms with E-state index < -0.39 is 0 Å². The molecule has 0 amide bonds. The van der Waals surface area contributed by atoms with Gasteiger partial charge in [-0.05, 0) is 30.4 Å². The molecule has 0 nitrogen and oxygen atoms in total. The summed E-state index contributed by atoms with van der Waals surface area (Å²) in [6.07, 6.45) is 7.47. The molecule has 0 heterocycles. The second kappa shape index (κ2) is 9.12. The summed E-state index contributed by atoms with van der Waals surface area (Å²) in [5.74, 6) is 0. The van der Waals surface area contributed by atoms with Crippen molar-refractivity contribution in [1.29, 1.82) is 0 Å². The van der Waals surface area contributed by atoms with Crippen molar-refractivity contribution in [2.24, 2.45) is 0 Å². The van der Waals surface area contributed by atoms with E-state index in [9.17, 15) is 0 Å². The van der Waals surface area contributed by atoms with E-state index in [1.165, 1.54) is 36.8 Å². The Balaban J connectivity index is 0.000000386.